The molecule has 0 aliphatic heterocycles. The lowest BCUT2D eigenvalue weighted by Gasteiger charge is -2.17. The van der Waals surface area contributed by atoms with Gasteiger partial charge in [-0.2, -0.15) is 0 Å². The molecule has 1 aromatic heterocycles. The maximum Gasteiger partial charge on any atom is 0.156 e. The van der Waals surface area contributed by atoms with E-state index in [1.807, 2.05) is 48.5 Å². The van der Waals surface area contributed by atoms with E-state index in [1.165, 1.54) is 6.26 Å². The number of benzene rings is 2. The van der Waals surface area contributed by atoms with Crippen LogP contribution < -0.4 is 5.32 Å². The first-order chi connectivity index (χ1) is 12.5. The molecule has 0 aliphatic carbocycles. The zero-order chi connectivity index (χ0) is 18.6. The van der Waals surface area contributed by atoms with Crippen LogP contribution in [0.1, 0.15) is 36.4 Å². The van der Waals surface area contributed by atoms with E-state index in [4.69, 9.17) is 0 Å². The number of aromatic nitrogens is 2. The molecule has 138 valence electrons. The lowest BCUT2D eigenvalue weighted by Crippen LogP contribution is -2.20. The zero-order valence-electron chi connectivity index (χ0n) is 15.2. The number of aromatic amines is 1. The molecule has 0 bridgehead atoms. The van der Waals surface area contributed by atoms with Crippen molar-refractivity contribution in [1.82, 2.24) is 9.97 Å². The summed E-state index contributed by atoms with van der Waals surface area (Å²) in [6.45, 7) is 2.49. The van der Waals surface area contributed by atoms with E-state index in [1.54, 1.807) is 0 Å². The third-order valence-electron chi connectivity index (χ3n) is 4.48. The molecule has 2 aromatic carbocycles. The maximum absolute atomic E-state index is 12.2. The van der Waals surface area contributed by atoms with E-state index >= 15 is 0 Å². The Morgan fingerprint density at radius 3 is 2.62 bits per heavy atom. The fourth-order valence-corrected chi connectivity index (χ4v) is 4.07. The summed E-state index contributed by atoms with van der Waals surface area (Å²) in [4.78, 5) is 7.95. The number of nitrogens with one attached hydrogen (secondary N) is 2. The molecule has 0 radical (unpaired) electrons. The second kappa shape index (κ2) is 7.91. The minimum atomic E-state index is -3.22. The third kappa shape index (κ3) is 4.43. The molecule has 6 heteroatoms. The molecule has 1 atom stereocenters. The number of fused-ring (bicyclic) bond motifs is 1. The highest BCUT2D eigenvalue weighted by atomic mass is 32.2. The maximum atomic E-state index is 12.2. The van der Waals surface area contributed by atoms with Crippen molar-refractivity contribution in [2.24, 2.45) is 0 Å². The molecule has 0 amide bonds. The molecule has 0 saturated heterocycles. The first kappa shape index (κ1) is 18.5. The monoisotopic (exact) mass is 371 g/mol. The van der Waals surface area contributed by atoms with Crippen LogP contribution in [0.2, 0.25) is 0 Å². The number of unbranched alkanes of at least 4 members (excludes halogenated alkanes) is 1. The Labute approximate surface area is 154 Å². The van der Waals surface area contributed by atoms with Crippen LogP contribution in [0.5, 0.6) is 0 Å². The van der Waals surface area contributed by atoms with Gasteiger partial charge in [0.15, 0.2) is 9.84 Å². The van der Waals surface area contributed by atoms with Crippen LogP contribution >= 0.6 is 0 Å². The summed E-state index contributed by atoms with van der Waals surface area (Å²) in [6.07, 6.45) is 4.47. The summed E-state index contributed by atoms with van der Waals surface area (Å²) in [7, 11) is -3.22. The van der Waals surface area contributed by atoms with Crippen LogP contribution in [0, 0.1) is 0 Å². The molecule has 3 aromatic rings. The van der Waals surface area contributed by atoms with Crippen molar-refractivity contribution in [1.29, 1.82) is 0 Å². The predicted octanol–water partition coefficient (Wildman–Crippen LogP) is 4.10. The lowest BCUT2D eigenvalue weighted by molar-refractivity contribution is 0.590. The lowest BCUT2D eigenvalue weighted by atomic mass is 10.1. The summed E-state index contributed by atoms with van der Waals surface area (Å²) in [5.74, 6) is 0.997. The summed E-state index contributed by atoms with van der Waals surface area (Å²) >= 11 is 0. The molecule has 0 saturated carbocycles. The summed E-state index contributed by atoms with van der Waals surface area (Å²) in [5, 5.41) is 2.69. The molecular formula is C20H25N3O2S. The molecule has 3 rings (SSSR count). The van der Waals surface area contributed by atoms with Crippen LogP contribution in [0.25, 0.3) is 11.0 Å². The topological polar surface area (TPSA) is 74.8 Å². The highest BCUT2D eigenvalue weighted by Crippen LogP contribution is 2.24. The van der Waals surface area contributed by atoms with Crippen molar-refractivity contribution in [2.45, 2.75) is 31.4 Å². The molecule has 2 N–H and O–H groups in total. The van der Waals surface area contributed by atoms with Crippen LogP contribution in [0.3, 0.4) is 0 Å². The van der Waals surface area contributed by atoms with Crippen molar-refractivity contribution in [3.8, 4) is 0 Å². The highest BCUT2D eigenvalue weighted by Gasteiger charge is 2.22. The second-order valence-electron chi connectivity index (χ2n) is 6.63. The Bertz CT molecular complexity index is 965. The molecular weight excluding hydrogens is 346 g/mol. The average Bonchev–Trinajstić information content (AvgIpc) is 3.02. The van der Waals surface area contributed by atoms with Crippen molar-refractivity contribution >= 4 is 26.6 Å². The van der Waals surface area contributed by atoms with Gasteiger partial charge in [-0.3, -0.25) is 0 Å². The van der Waals surface area contributed by atoms with Gasteiger partial charge < -0.3 is 10.3 Å². The molecule has 1 unspecified atom stereocenters. The van der Waals surface area contributed by atoms with Gasteiger partial charge >= 0.3 is 0 Å². The van der Waals surface area contributed by atoms with E-state index in [2.05, 4.69) is 22.2 Å². The van der Waals surface area contributed by atoms with E-state index in [9.17, 15) is 8.42 Å². The molecule has 0 spiro atoms. The third-order valence-corrected chi connectivity index (χ3v) is 5.95. The molecule has 26 heavy (non-hydrogen) atoms. The number of imidazole rings is 1. The largest absolute Gasteiger partial charge is 0.383 e. The van der Waals surface area contributed by atoms with Gasteiger partial charge in [0, 0.05) is 24.9 Å². The van der Waals surface area contributed by atoms with E-state index in [-0.39, 0.29) is 0 Å². The van der Waals surface area contributed by atoms with Crippen LogP contribution in [0.4, 0.5) is 5.69 Å². The number of hydrogen-bond donors (Lipinski definition) is 2. The first-order valence-corrected chi connectivity index (χ1v) is 10.9. The number of hydrogen-bond acceptors (Lipinski definition) is 4. The zero-order valence-corrected chi connectivity index (χ0v) is 16.0. The molecule has 1 heterocycles. The number of nitrogens with zero attached hydrogens (tertiary/aromatic N) is 1. The Kier molecular flexibility index (Phi) is 5.61. The number of anilines is 1. The van der Waals surface area contributed by atoms with Crippen LogP contribution in [-0.4, -0.2) is 31.2 Å². The van der Waals surface area contributed by atoms with Crippen molar-refractivity contribution < 1.29 is 8.42 Å². The first-order valence-electron chi connectivity index (χ1n) is 8.93. The Morgan fingerprint density at radius 2 is 1.92 bits per heavy atom. The smallest absolute Gasteiger partial charge is 0.156 e. The van der Waals surface area contributed by atoms with Gasteiger partial charge in [0.05, 0.1) is 11.0 Å². The second-order valence-corrected chi connectivity index (χ2v) is 8.86. The van der Waals surface area contributed by atoms with E-state index < -0.39 is 15.1 Å². The van der Waals surface area contributed by atoms with E-state index in [0.29, 0.717) is 6.54 Å². The molecule has 0 aliphatic rings. The van der Waals surface area contributed by atoms with E-state index in [0.717, 1.165) is 47.4 Å². The number of sulfone groups is 1. The predicted molar refractivity (Wildman–Crippen MR) is 107 cm³/mol. The van der Waals surface area contributed by atoms with Gasteiger partial charge in [-0.25, -0.2) is 13.4 Å². The van der Waals surface area contributed by atoms with Gasteiger partial charge in [0.2, 0.25) is 0 Å². The Balaban J connectivity index is 1.77. The normalized spacial score (nSPS) is 13.0. The average molecular weight is 372 g/mol. The standard InChI is InChI=1S/C20H25N3O2S/c1-3-4-10-20-22-17-12-11-16(13-18(17)23-20)21-14-19(26(2,24)25)15-8-6-5-7-9-15/h5-9,11-13,19,21H,3-4,10,14H2,1-2H3,(H,22,23). The highest BCUT2D eigenvalue weighted by molar-refractivity contribution is 7.91. The molecule has 5 nitrogen and oxygen atoms in total. The number of aryl methyl sites for hydroxylation is 1. The fourth-order valence-electron chi connectivity index (χ4n) is 3.03. The SMILES string of the molecule is CCCCc1nc2ccc(NCC(c3ccccc3)S(C)(=O)=O)cc2[nH]1. The van der Waals surface area contributed by atoms with Crippen LogP contribution in [-0.2, 0) is 16.3 Å². The molecule has 0 fully saturated rings. The Morgan fingerprint density at radius 1 is 1.15 bits per heavy atom. The van der Waals surface area contributed by atoms with Gasteiger partial charge in [0.25, 0.3) is 0 Å². The minimum Gasteiger partial charge on any atom is -0.383 e. The Hall–Kier alpha value is -2.34. The number of rotatable bonds is 8. The van der Waals surface area contributed by atoms with Crippen molar-refractivity contribution in [2.75, 3.05) is 18.1 Å². The summed E-state index contributed by atoms with van der Waals surface area (Å²) < 4.78 is 24.4. The van der Waals surface area contributed by atoms with Crippen molar-refractivity contribution in [3.05, 3.63) is 59.9 Å². The summed E-state index contributed by atoms with van der Waals surface area (Å²) in [6, 6.07) is 15.2. The van der Waals surface area contributed by atoms with Crippen LogP contribution in [0.15, 0.2) is 48.5 Å². The number of H-pyrrole nitrogens is 1. The van der Waals surface area contributed by atoms with Gasteiger partial charge in [0.1, 0.15) is 11.1 Å². The minimum absolute atomic E-state index is 0.325. The van der Waals surface area contributed by atoms with Gasteiger partial charge in [-0.1, -0.05) is 43.7 Å². The quantitative estimate of drug-likeness (QED) is 0.625. The fraction of sp³-hybridized carbons (Fsp3) is 0.350. The summed E-state index contributed by atoms with van der Waals surface area (Å²) in [5.41, 5.74) is 3.58. The van der Waals surface area contributed by atoms with Crippen molar-refractivity contribution in [3.63, 3.8) is 0 Å². The van der Waals surface area contributed by atoms with Gasteiger partial charge in [-0.15, -0.1) is 0 Å². The van der Waals surface area contributed by atoms with Gasteiger partial charge in [-0.05, 0) is 30.2 Å².